The van der Waals surface area contributed by atoms with E-state index in [0.29, 0.717) is 11.3 Å². The number of fused-ring (bicyclic) bond motifs is 5. The van der Waals surface area contributed by atoms with Gasteiger partial charge in [0.05, 0.1) is 0 Å². The van der Waals surface area contributed by atoms with Gasteiger partial charge in [0.25, 0.3) is 0 Å². The zero-order valence-electron chi connectivity index (χ0n) is 21.0. The maximum absolute atomic E-state index is 11.5. The number of hydrogen-bond donors (Lipinski definition) is 0. The molecule has 0 aromatic rings. The van der Waals surface area contributed by atoms with Crippen molar-refractivity contribution in [1.29, 1.82) is 0 Å². The third kappa shape index (κ3) is 4.18. The van der Waals surface area contributed by atoms with E-state index in [1.807, 2.05) is 0 Å². The molecule has 0 unspecified atom stereocenters. The van der Waals surface area contributed by atoms with Gasteiger partial charge in [-0.25, -0.2) is 0 Å². The Morgan fingerprint density at radius 3 is 2.52 bits per heavy atom. The summed E-state index contributed by atoms with van der Waals surface area (Å²) in [7, 11) is 0. The van der Waals surface area contributed by atoms with Crippen molar-refractivity contribution in [2.75, 3.05) is 0 Å². The molecule has 2 nitrogen and oxygen atoms in total. The normalized spacial score (nSPS) is 40.4. The smallest absolute Gasteiger partial charge is 0.302 e. The fourth-order valence-electron chi connectivity index (χ4n) is 8.33. The largest absolute Gasteiger partial charge is 0.462 e. The zero-order valence-corrected chi connectivity index (χ0v) is 21.0. The van der Waals surface area contributed by atoms with Gasteiger partial charge in [-0.15, -0.1) is 0 Å². The average Bonchev–Trinajstić information content (AvgIpc) is 3.05. The summed E-state index contributed by atoms with van der Waals surface area (Å²) in [5.74, 6) is 3.94. The molecule has 2 heteroatoms. The molecule has 3 saturated carbocycles. The van der Waals surface area contributed by atoms with Crippen molar-refractivity contribution < 1.29 is 9.53 Å². The molecule has 0 heterocycles. The molecule has 31 heavy (non-hydrogen) atoms. The first-order chi connectivity index (χ1) is 14.6. The lowest BCUT2D eigenvalue weighted by molar-refractivity contribution is -0.148. The van der Waals surface area contributed by atoms with Crippen LogP contribution in [0.1, 0.15) is 106 Å². The Morgan fingerprint density at radius 1 is 1.03 bits per heavy atom. The minimum atomic E-state index is -0.130. The summed E-state index contributed by atoms with van der Waals surface area (Å²) in [4.78, 5) is 11.5. The Kier molecular flexibility index (Phi) is 6.50. The van der Waals surface area contributed by atoms with E-state index in [1.165, 1.54) is 44.9 Å². The number of hydrogen-bond acceptors (Lipinski definition) is 2. The Bertz CT molecular complexity index is 746. The average molecular weight is 427 g/mol. The van der Waals surface area contributed by atoms with Crippen molar-refractivity contribution in [1.82, 2.24) is 0 Å². The van der Waals surface area contributed by atoms with E-state index < -0.39 is 0 Å². The number of carbonyl (C=O) groups excluding carboxylic acids is 1. The molecule has 0 aromatic heterocycles. The minimum absolute atomic E-state index is 0.0863. The van der Waals surface area contributed by atoms with E-state index in [-0.39, 0.29) is 17.5 Å². The van der Waals surface area contributed by atoms with Gasteiger partial charge in [-0.2, -0.15) is 0 Å². The monoisotopic (exact) mass is 426 g/mol. The van der Waals surface area contributed by atoms with E-state index in [4.69, 9.17) is 4.74 Å². The van der Waals surface area contributed by atoms with Gasteiger partial charge in [-0.05, 0) is 78.9 Å². The topological polar surface area (TPSA) is 26.3 Å². The van der Waals surface area contributed by atoms with Gasteiger partial charge in [-0.1, -0.05) is 77.2 Å². The predicted octanol–water partition coefficient (Wildman–Crippen LogP) is 7.88. The van der Waals surface area contributed by atoms with E-state index in [0.717, 1.165) is 42.9 Å². The van der Waals surface area contributed by atoms with Crippen LogP contribution in [0.15, 0.2) is 23.3 Å². The zero-order chi connectivity index (χ0) is 22.4. The second-order valence-corrected chi connectivity index (χ2v) is 12.4. The summed E-state index contributed by atoms with van der Waals surface area (Å²) in [6.07, 6.45) is 17.9. The van der Waals surface area contributed by atoms with E-state index in [2.05, 4.69) is 46.8 Å². The molecule has 0 spiro atoms. The Labute approximate surface area is 191 Å². The second kappa shape index (κ2) is 8.71. The molecule has 4 rings (SSSR count). The van der Waals surface area contributed by atoms with Crippen LogP contribution >= 0.6 is 0 Å². The molecule has 0 aromatic carbocycles. The summed E-state index contributed by atoms with van der Waals surface area (Å²) in [5, 5.41) is 0. The SMILES string of the molecule is CC(=O)O[C@H]1CC[C@@]2(C)C(=CC=C3[C@H]4CC[C@H]([C@H](C)CCCC(C)C)[C@@]4(C)CC[C@H]32)C1. The highest BCUT2D eigenvalue weighted by Gasteiger charge is 2.57. The third-order valence-electron chi connectivity index (χ3n) is 10.1. The maximum atomic E-state index is 11.5. The number of allylic oxidation sites excluding steroid dienone is 3. The fraction of sp³-hybridized carbons (Fsp3) is 0.828. The highest BCUT2D eigenvalue weighted by Crippen LogP contribution is 2.66. The van der Waals surface area contributed by atoms with Gasteiger partial charge >= 0.3 is 5.97 Å². The van der Waals surface area contributed by atoms with E-state index >= 15 is 0 Å². The quantitative estimate of drug-likeness (QED) is 0.404. The molecule has 174 valence electrons. The molecule has 0 amide bonds. The first-order valence-corrected chi connectivity index (χ1v) is 13.2. The summed E-state index contributed by atoms with van der Waals surface area (Å²) < 4.78 is 5.59. The van der Waals surface area contributed by atoms with Crippen molar-refractivity contribution in [3.05, 3.63) is 23.3 Å². The van der Waals surface area contributed by atoms with Crippen LogP contribution in [-0.2, 0) is 9.53 Å². The second-order valence-electron chi connectivity index (χ2n) is 12.4. The van der Waals surface area contributed by atoms with E-state index in [9.17, 15) is 4.79 Å². The molecule has 0 bridgehead atoms. The molecule has 0 radical (unpaired) electrons. The Hall–Kier alpha value is -1.05. The lowest BCUT2D eigenvalue weighted by atomic mass is 9.50. The van der Waals surface area contributed by atoms with Gasteiger partial charge < -0.3 is 4.74 Å². The molecule has 3 fully saturated rings. The van der Waals surface area contributed by atoms with Crippen LogP contribution in [-0.4, -0.2) is 12.1 Å². The molecular formula is C29H46O2. The van der Waals surface area contributed by atoms with Crippen molar-refractivity contribution in [2.45, 2.75) is 112 Å². The third-order valence-corrected chi connectivity index (χ3v) is 10.1. The van der Waals surface area contributed by atoms with Gasteiger partial charge in [0.1, 0.15) is 6.10 Å². The van der Waals surface area contributed by atoms with Gasteiger partial charge in [0, 0.05) is 13.3 Å². The number of carbonyl (C=O) groups is 1. The molecule has 4 aliphatic rings. The molecular weight excluding hydrogens is 380 g/mol. The van der Waals surface area contributed by atoms with Crippen molar-refractivity contribution in [3.63, 3.8) is 0 Å². The maximum Gasteiger partial charge on any atom is 0.302 e. The summed E-state index contributed by atoms with van der Waals surface area (Å²) >= 11 is 0. The summed E-state index contributed by atoms with van der Waals surface area (Å²) in [5.41, 5.74) is 4.10. The Morgan fingerprint density at radius 2 is 1.81 bits per heavy atom. The summed E-state index contributed by atoms with van der Waals surface area (Å²) in [6.45, 7) is 14.0. The molecule has 4 aliphatic carbocycles. The fourth-order valence-corrected chi connectivity index (χ4v) is 8.33. The van der Waals surface area contributed by atoms with E-state index in [1.54, 1.807) is 18.1 Å². The van der Waals surface area contributed by atoms with Gasteiger partial charge in [0.2, 0.25) is 0 Å². The number of ether oxygens (including phenoxy) is 1. The highest BCUT2D eigenvalue weighted by atomic mass is 16.5. The van der Waals surface area contributed by atoms with Crippen LogP contribution in [0.4, 0.5) is 0 Å². The van der Waals surface area contributed by atoms with Crippen LogP contribution in [0, 0.1) is 40.4 Å². The first-order valence-electron chi connectivity index (χ1n) is 13.2. The highest BCUT2D eigenvalue weighted by molar-refractivity contribution is 5.66. The van der Waals surface area contributed by atoms with Crippen molar-refractivity contribution in [3.8, 4) is 0 Å². The molecule has 0 N–H and O–H groups in total. The lowest BCUT2D eigenvalue weighted by Crippen LogP contribution is -2.46. The van der Waals surface area contributed by atoms with Crippen LogP contribution in [0.5, 0.6) is 0 Å². The number of rotatable bonds is 6. The van der Waals surface area contributed by atoms with Crippen molar-refractivity contribution >= 4 is 5.97 Å². The Balaban J connectivity index is 1.51. The molecule has 0 saturated heterocycles. The molecule has 0 aliphatic heterocycles. The van der Waals surface area contributed by atoms with Gasteiger partial charge in [-0.3, -0.25) is 4.79 Å². The van der Waals surface area contributed by atoms with Crippen LogP contribution in [0.3, 0.4) is 0 Å². The first kappa shape index (κ1) is 23.1. The number of esters is 1. The van der Waals surface area contributed by atoms with Crippen LogP contribution in [0.2, 0.25) is 0 Å². The minimum Gasteiger partial charge on any atom is -0.462 e. The predicted molar refractivity (Wildman–Crippen MR) is 129 cm³/mol. The van der Waals surface area contributed by atoms with Crippen molar-refractivity contribution in [2.24, 2.45) is 40.4 Å². The van der Waals surface area contributed by atoms with Gasteiger partial charge in [0.15, 0.2) is 0 Å². The summed E-state index contributed by atoms with van der Waals surface area (Å²) in [6, 6.07) is 0. The van der Waals surface area contributed by atoms with Crippen LogP contribution in [0.25, 0.3) is 0 Å². The standard InChI is InChI=1S/C29H46O2/c1-19(2)8-7-9-20(3)25-12-13-26-24-11-10-22-18-23(31-21(4)30)14-16-28(22,5)27(24)15-17-29(25,26)6/h10-11,19-20,23,25-27H,7-9,12-18H2,1-6H3/t20-,23+,25-,26-,27-,28+,29-/m1/s1. The molecule has 7 atom stereocenters. The lowest BCUT2D eigenvalue weighted by Gasteiger charge is -2.55. The van der Waals surface area contributed by atoms with Crippen LogP contribution < -0.4 is 0 Å².